The van der Waals surface area contributed by atoms with Gasteiger partial charge in [-0.3, -0.25) is 9.59 Å². The Kier molecular flexibility index (Phi) is 15.5. The zero-order valence-corrected chi connectivity index (χ0v) is 37.9. The predicted octanol–water partition coefficient (Wildman–Crippen LogP) is 6.36. The van der Waals surface area contributed by atoms with Crippen LogP contribution in [-0.4, -0.2) is 153 Å². The van der Waals surface area contributed by atoms with Gasteiger partial charge in [-0.05, 0) is 140 Å². The van der Waals surface area contributed by atoms with Crippen LogP contribution in [0.1, 0.15) is 124 Å². The maximum Gasteiger partial charge on any atom is 0.184 e. The number of fused-ring (bicyclic) bond motifs is 2. The van der Waals surface area contributed by atoms with Gasteiger partial charge in [-0.1, -0.05) is 25.7 Å². The first-order valence-electron chi connectivity index (χ1n) is 24.3. The van der Waals surface area contributed by atoms with E-state index in [2.05, 4.69) is 52.9 Å². The van der Waals surface area contributed by atoms with E-state index in [0.29, 0.717) is 36.1 Å². The van der Waals surface area contributed by atoms with E-state index in [-0.39, 0.29) is 18.2 Å². The minimum Gasteiger partial charge on any atom is -0.395 e. The average molecular weight is 852 g/mol. The number of rotatable bonds is 13. The van der Waals surface area contributed by atoms with Gasteiger partial charge in [0.1, 0.15) is 23.0 Å². The van der Waals surface area contributed by atoms with E-state index < -0.39 is 0 Å². The van der Waals surface area contributed by atoms with Gasteiger partial charge in [0.15, 0.2) is 22.9 Å². The SMILES string of the molecule is Cn1nc(C(=O)CC2CCN(CCN3CCCC3)CC2)c2ccc(N3CCCCCC3)nc21.Cn1nc(C(=O)CC2CCN(CCO)CC2)c2ccc(N3CCCCCC3)nc21. The molecule has 62 heavy (non-hydrogen) atoms. The van der Waals surface area contributed by atoms with Gasteiger partial charge in [0.2, 0.25) is 0 Å². The number of aliphatic hydroxyl groups is 1. The highest BCUT2D eigenvalue weighted by molar-refractivity contribution is 6.06. The number of aromatic nitrogens is 6. The first-order chi connectivity index (χ1) is 30.3. The lowest BCUT2D eigenvalue weighted by atomic mass is 9.90. The molecular weight excluding hydrogens is 779 g/mol. The first-order valence-corrected chi connectivity index (χ1v) is 24.3. The van der Waals surface area contributed by atoms with Crippen LogP contribution in [0, 0.1) is 11.8 Å². The van der Waals surface area contributed by atoms with E-state index in [1.165, 1.54) is 90.4 Å². The molecule has 0 bridgehead atoms. The molecule has 0 radical (unpaired) electrons. The van der Waals surface area contributed by atoms with Gasteiger partial charge in [0.25, 0.3) is 0 Å². The first kappa shape index (κ1) is 44.6. The molecule has 14 nitrogen and oxygen atoms in total. The molecule has 1 N–H and O–H groups in total. The van der Waals surface area contributed by atoms with Crippen LogP contribution in [0.4, 0.5) is 11.6 Å². The van der Waals surface area contributed by atoms with Gasteiger partial charge in [-0.15, -0.1) is 0 Å². The molecule has 0 unspecified atom stereocenters. The zero-order chi connectivity index (χ0) is 42.8. The number of hydrogen-bond acceptors (Lipinski definition) is 12. The van der Waals surface area contributed by atoms with Gasteiger partial charge in [-0.25, -0.2) is 19.3 Å². The van der Waals surface area contributed by atoms with Crippen molar-refractivity contribution in [2.75, 3.05) is 101 Å². The normalized spacial score (nSPS) is 20.7. The van der Waals surface area contributed by atoms with Crippen molar-refractivity contribution in [3.63, 3.8) is 0 Å². The second-order valence-electron chi connectivity index (χ2n) is 18.9. The summed E-state index contributed by atoms with van der Waals surface area (Å²) in [5.41, 5.74) is 2.80. The van der Waals surface area contributed by atoms with E-state index in [1.807, 2.05) is 20.2 Å². The Morgan fingerprint density at radius 2 is 0.887 bits per heavy atom. The second kappa shape index (κ2) is 21.6. The molecular formula is C48H73N11O3. The van der Waals surface area contributed by atoms with Crippen LogP contribution in [0.15, 0.2) is 24.3 Å². The van der Waals surface area contributed by atoms with Gasteiger partial charge in [-0.2, -0.15) is 10.2 Å². The Balaban J connectivity index is 0.000000172. The molecule has 14 heteroatoms. The van der Waals surface area contributed by atoms with E-state index in [0.717, 1.165) is 118 Å². The summed E-state index contributed by atoms with van der Waals surface area (Å²) < 4.78 is 3.55. The summed E-state index contributed by atoms with van der Waals surface area (Å²) >= 11 is 0. The number of Topliss-reactive ketones (excluding diaryl/α,β-unsaturated/α-hetero) is 2. The van der Waals surface area contributed by atoms with Gasteiger partial charge in [0, 0.05) is 72.8 Å². The maximum atomic E-state index is 13.2. The minimum atomic E-state index is 0.125. The number of hydrogen-bond donors (Lipinski definition) is 1. The number of carbonyl (C=O) groups excluding carboxylic acids is 2. The highest BCUT2D eigenvalue weighted by atomic mass is 16.3. The summed E-state index contributed by atoms with van der Waals surface area (Å²) in [6.07, 6.45) is 18.2. The van der Waals surface area contributed by atoms with Crippen LogP contribution < -0.4 is 9.80 Å². The number of likely N-dealkylation sites (tertiary alicyclic amines) is 3. The zero-order valence-electron chi connectivity index (χ0n) is 37.9. The van der Waals surface area contributed by atoms with E-state index in [1.54, 1.807) is 9.36 Å². The summed E-state index contributed by atoms with van der Waals surface area (Å²) in [6, 6.07) is 8.25. The van der Waals surface area contributed by atoms with Crippen LogP contribution in [0.2, 0.25) is 0 Å². The fraction of sp³-hybridized carbons (Fsp3) is 0.708. The lowest BCUT2D eigenvalue weighted by Gasteiger charge is -2.32. The number of aliphatic hydroxyl groups excluding tert-OH is 1. The number of aryl methyl sites for hydroxylation is 2. The molecule has 4 aromatic rings. The fourth-order valence-electron chi connectivity index (χ4n) is 10.6. The highest BCUT2D eigenvalue weighted by Gasteiger charge is 2.27. The Hall–Kier alpha value is -3.98. The van der Waals surface area contributed by atoms with Crippen LogP contribution in [-0.2, 0) is 14.1 Å². The summed E-state index contributed by atoms with van der Waals surface area (Å²) in [4.78, 5) is 48.2. The third kappa shape index (κ3) is 11.2. The molecule has 338 valence electrons. The number of anilines is 2. The number of nitrogens with zero attached hydrogens (tertiary/aromatic N) is 11. The van der Waals surface area contributed by atoms with Gasteiger partial charge in [0.05, 0.1) is 17.4 Å². The van der Waals surface area contributed by atoms with Crippen LogP contribution in [0.5, 0.6) is 0 Å². The third-order valence-corrected chi connectivity index (χ3v) is 14.4. The number of carbonyl (C=O) groups is 2. The van der Waals surface area contributed by atoms with Crippen molar-refractivity contribution in [3.05, 3.63) is 35.7 Å². The quantitative estimate of drug-likeness (QED) is 0.150. The molecule has 0 saturated carbocycles. The molecule has 5 aliphatic rings. The molecule has 9 heterocycles. The predicted molar refractivity (Wildman–Crippen MR) is 247 cm³/mol. The monoisotopic (exact) mass is 852 g/mol. The van der Waals surface area contributed by atoms with E-state index in [4.69, 9.17) is 15.1 Å². The Morgan fingerprint density at radius 1 is 0.516 bits per heavy atom. The molecule has 0 amide bonds. The summed E-state index contributed by atoms with van der Waals surface area (Å²) in [5, 5.41) is 20.0. The number of β-amino-alcohol motifs (C(OH)–C–C–N with tert-alkyl or cyclic N) is 1. The summed E-state index contributed by atoms with van der Waals surface area (Å²) in [5.74, 6) is 3.20. The minimum absolute atomic E-state index is 0.125. The van der Waals surface area contributed by atoms with Crippen molar-refractivity contribution in [2.45, 2.75) is 103 Å². The summed E-state index contributed by atoms with van der Waals surface area (Å²) in [7, 11) is 3.79. The smallest absolute Gasteiger partial charge is 0.184 e. The third-order valence-electron chi connectivity index (χ3n) is 14.4. The molecule has 5 saturated heterocycles. The molecule has 0 aliphatic carbocycles. The lowest BCUT2D eigenvalue weighted by molar-refractivity contribution is 0.0908. The topological polar surface area (TPSA) is 132 Å². The van der Waals surface area contributed by atoms with Crippen LogP contribution in [0.3, 0.4) is 0 Å². The van der Waals surface area contributed by atoms with Crippen LogP contribution >= 0.6 is 0 Å². The summed E-state index contributed by atoms with van der Waals surface area (Å²) in [6.45, 7) is 14.3. The van der Waals surface area contributed by atoms with Crippen molar-refractivity contribution in [3.8, 4) is 0 Å². The van der Waals surface area contributed by atoms with E-state index in [9.17, 15) is 9.59 Å². The second-order valence-corrected chi connectivity index (χ2v) is 18.9. The Labute approximate surface area is 369 Å². The Bertz CT molecular complexity index is 2060. The lowest BCUT2D eigenvalue weighted by Crippen LogP contribution is -2.39. The number of ketones is 2. The van der Waals surface area contributed by atoms with Crippen molar-refractivity contribution in [1.29, 1.82) is 0 Å². The standard InChI is InChI=1S/C26H40N6O.C22H33N5O2/c1-29-26-22(8-9-24(27-26)32-14-4-2-3-5-15-32)25(28-29)23(33)20-21-10-16-31(17-11-21)19-18-30-12-6-7-13-30;1-25-22-18(6-7-20(23-22)27-10-4-2-3-5-11-27)21(24-25)19(29)16-17-8-12-26(13-9-17)14-15-28/h8-9,21H,2-7,10-20H2,1H3;6-7,17,28H,2-5,8-16H2,1H3. The van der Waals surface area contributed by atoms with E-state index >= 15 is 0 Å². The van der Waals surface area contributed by atoms with Gasteiger partial charge >= 0.3 is 0 Å². The molecule has 5 aliphatic heterocycles. The maximum absolute atomic E-state index is 13.2. The molecule has 5 fully saturated rings. The van der Waals surface area contributed by atoms with Crippen molar-refractivity contribution < 1.29 is 14.7 Å². The fourth-order valence-corrected chi connectivity index (χ4v) is 10.6. The van der Waals surface area contributed by atoms with Crippen LogP contribution in [0.25, 0.3) is 22.1 Å². The molecule has 9 rings (SSSR count). The molecule has 4 aromatic heterocycles. The Morgan fingerprint density at radius 3 is 1.29 bits per heavy atom. The molecule has 0 atom stereocenters. The molecule has 0 spiro atoms. The van der Waals surface area contributed by atoms with Crippen molar-refractivity contribution >= 4 is 45.3 Å². The van der Waals surface area contributed by atoms with Gasteiger partial charge < -0.3 is 29.6 Å². The average Bonchev–Trinajstić information content (AvgIpc) is 3.85. The highest BCUT2D eigenvalue weighted by Crippen LogP contribution is 2.29. The van der Waals surface area contributed by atoms with Crippen molar-refractivity contribution in [1.82, 2.24) is 44.2 Å². The largest absolute Gasteiger partial charge is 0.395 e. The van der Waals surface area contributed by atoms with Crippen molar-refractivity contribution in [2.24, 2.45) is 25.9 Å². The number of pyridine rings is 2. The number of piperidine rings is 2. The molecule has 0 aromatic carbocycles.